The number of nitrogens with zero attached hydrogens (tertiary/aromatic N) is 1. The molecule has 0 saturated heterocycles. The molecular formula is C17H23NO4. The molecule has 2 rings (SSSR count). The van der Waals surface area contributed by atoms with Crippen molar-refractivity contribution in [3.8, 4) is 0 Å². The highest BCUT2D eigenvalue weighted by molar-refractivity contribution is 5.90. The summed E-state index contributed by atoms with van der Waals surface area (Å²) in [6.07, 6.45) is 2.01. The van der Waals surface area contributed by atoms with Crippen LogP contribution in [0, 0.1) is 5.92 Å². The van der Waals surface area contributed by atoms with Crippen LogP contribution in [0.5, 0.6) is 0 Å². The van der Waals surface area contributed by atoms with E-state index in [-0.39, 0.29) is 17.9 Å². The predicted molar refractivity (Wildman–Crippen MR) is 83.7 cm³/mol. The summed E-state index contributed by atoms with van der Waals surface area (Å²) in [4.78, 5) is 26.2. The third kappa shape index (κ3) is 3.59. The number of amides is 1. The number of carbonyl (C=O) groups excluding carboxylic acids is 2. The van der Waals surface area contributed by atoms with Gasteiger partial charge in [0, 0.05) is 5.69 Å². The summed E-state index contributed by atoms with van der Waals surface area (Å²) in [7, 11) is 0. The number of carbonyl (C=O) groups is 2. The summed E-state index contributed by atoms with van der Waals surface area (Å²) in [6.45, 7) is 4.23. The summed E-state index contributed by atoms with van der Waals surface area (Å²) in [5.41, 5.74) is 0.752. The van der Waals surface area contributed by atoms with Gasteiger partial charge in [-0.1, -0.05) is 24.6 Å². The number of ether oxygens (including phenoxy) is 2. The molecule has 22 heavy (non-hydrogen) atoms. The van der Waals surface area contributed by atoms with Crippen molar-refractivity contribution in [1.82, 2.24) is 0 Å². The zero-order chi connectivity index (χ0) is 15.9. The minimum atomic E-state index is -0.408. The second-order valence-electron chi connectivity index (χ2n) is 5.26. The van der Waals surface area contributed by atoms with E-state index >= 15 is 0 Å². The SMILES string of the molecule is CCOC(=O)C1CCCC1N(C(=O)OCC)c1ccccc1. The van der Waals surface area contributed by atoms with E-state index in [1.54, 1.807) is 18.7 Å². The topological polar surface area (TPSA) is 55.8 Å². The molecule has 1 saturated carbocycles. The lowest BCUT2D eigenvalue weighted by atomic mass is 10.0. The molecule has 1 amide bonds. The highest BCUT2D eigenvalue weighted by Gasteiger charge is 2.41. The first-order chi connectivity index (χ1) is 10.7. The fourth-order valence-electron chi connectivity index (χ4n) is 2.99. The molecule has 0 aliphatic heterocycles. The summed E-state index contributed by atoms with van der Waals surface area (Å²) in [5.74, 6) is -0.514. The van der Waals surface area contributed by atoms with Gasteiger partial charge in [-0.3, -0.25) is 9.69 Å². The van der Waals surface area contributed by atoms with Gasteiger partial charge in [0.1, 0.15) is 0 Å². The van der Waals surface area contributed by atoms with Crippen LogP contribution >= 0.6 is 0 Å². The third-order valence-electron chi connectivity index (χ3n) is 3.90. The molecule has 5 heteroatoms. The van der Waals surface area contributed by atoms with Crippen molar-refractivity contribution in [3.63, 3.8) is 0 Å². The maximum atomic E-state index is 12.4. The average Bonchev–Trinajstić information content (AvgIpc) is 2.98. The zero-order valence-electron chi connectivity index (χ0n) is 13.2. The number of para-hydroxylation sites is 1. The van der Waals surface area contributed by atoms with Gasteiger partial charge in [0.05, 0.1) is 25.2 Å². The normalized spacial score (nSPS) is 20.5. The summed E-state index contributed by atoms with van der Waals surface area (Å²) in [6, 6.07) is 9.14. The van der Waals surface area contributed by atoms with Gasteiger partial charge < -0.3 is 9.47 Å². The van der Waals surface area contributed by atoms with Gasteiger partial charge in [-0.05, 0) is 38.8 Å². The molecule has 0 spiro atoms. The van der Waals surface area contributed by atoms with Crippen LogP contribution in [0.15, 0.2) is 30.3 Å². The highest BCUT2D eigenvalue weighted by Crippen LogP contribution is 2.34. The number of benzene rings is 1. The number of rotatable bonds is 5. The molecule has 2 unspecified atom stereocenters. The van der Waals surface area contributed by atoms with Crippen molar-refractivity contribution in [2.24, 2.45) is 5.92 Å². The van der Waals surface area contributed by atoms with Crippen LogP contribution in [0.25, 0.3) is 0 Å². The highest BCUT2D eigenvalue weighted by atomic mass is 16.6. The first kappa shape index (κ1) is 16.3. The molecule has 1 aromatic carbocycles. The Labute approximate surface area is 131 Å². The molecule has 0 bridgehead atoms. The molecule has 2 atom stereocenters. The Kier molecular flexibility index (Phi) is 5.81. The lowest BCUT2D eigenvalue weighted by Crippen LogP contribution is -2.45. The third-order valence-corrected chi connectivity index (χ3v) is 3.90. The zero-order valence-corrected chi connectivity index (χ0v) is 13.2. The van der Waals surface area contributed by atoms with Crippen molar-refractivity contribution in [2.75, 3.05) is 18.1 Å². The standard InChI is InChI=1S/C17H23NO4/c1-3-21-16(19)14-11-8-12-15(14)18(17(20)22-4-2)13-9-6-5-7-10-13/h5-7,9-10,14-15H,3-4,8,11-12H2,1-2H3. The van der Waals surface area contributed by atoms with E-state index < -0.39 is 6.09 Å². The minimum Gasteiger partial charge on any atom is -0.466 e. The van der Waals surface area contributed by atoms with Gasteiger partial charge in [0.15, 0.2) is 0 Å². The predicted octanol–water partition coefficient (Wildman–Crippen LogP) is 3.38. The van der Waals surface area contributed by atoms with E-state index in [1.165, 1.54) is 0 Å². The molecule has 5 nitrogen and oxygen atoms in total. The molecule has 1 aliphatic carbocycles. The summed E-state index contributed by atoms with van der Waals surface area (Å²) < 4.78 is 10.4. The lowest BCUT2D eigenvalue weighted by Gasteiger charge is -2.31. The largest absolute Gasteiger partial charge is 0.466 e. The van der Waals surface area contributed by atoms with Crippen LogP contribution in [-0.4, -0.2) is 31.3 Å². The quantitative estimate of drug-likeness (QED) is 0.783. The van der Waals surface area contributed by atoms with E-state index in [4.69, 9.17) is 9.47 Å². The van der Waals surface area contributed by atoms with Crippen LogP contribution in [0.1, 0.15) is 33.1 Å². The van der Waals surface area contributed by atoms with Crippen molar-refractivity contribution in [3.05, 3.63) is 30.3 Å². The van der Waals surface area contributed by atoms with Crippen molar-refractivity contribution in [2.45, 2.75) is 39.2 Å². The number of hydrogen-bond donors (Lipinski definition) is 0. The van der Waals surface area contributed by atoms with Crippen LogP contribution < -0.4 is 4.90 Å². The summed E-state index contributed by atoms with van der Waals surface area (Å²) in [5, 5.41) is 0. The lowest BCUT2D eigenvalue weighted by molar-refractivity contribution is -0.148. The van der Waals surface area contributed by atoms with E-state index in [0.29, 0.717) is 13.2 Å². The minimum absolute atomic E-state index is 0.208. The second-order valence-corrected chi connectivity index (χ2v) is 5.26. The average molecular weight is 305 g/mol. The van der Waals surface area contributed by atoms with Crippen molar-refractivity contribution in [1.29, 1.82) is 0 Å². The maximum Gasteiger partial charge on any atom is 0.414 e. The molecule has 120 valence electrons. The smallest absolute Gasteiger partial charge is 0.414 e. The maximum absolute atomic E-state index is 12.4. The van der Waals surface area contributed by atoms with Gasteiger partial charge in [0.25, 0.3) is 0 Å². The van der Waals surface area contributed by atoms with E-state index in [1.807, 2.05) is 30.3 Å². The monoisotopic (exact) mass is 305 g/mol. The van der Waals surface area contributed by atoms with Crippen LogP contribution in [0.3, 0.4) is 0 Å². The van der Waals surface area contributed by atoms with Gasteiger partial charge in [-0.25, -0.2) is 4.79 Å². The van der Waals surface area contributed by atoms with Gasteiger partial charge in [-0.15, -0.1) is 0 Å². The van der Waals surface area contributed by atoms with Gasteiger partial charge in [0.2, 0.25) is 0 Å². The second kappa shape index (κ2) is 7.82. The molecule has 1 aromatic rings. The Morgan fingerprint density at radius 1 is 1.09 bits per heavy atom. The van der Waals surface area contributed by atoms with E-state index in [0.717, 1.165) is 24.9 Å². The molecular weight excluding hydrogens is 282 g/mol. The van der Waals surface area contributed by atoms with Gasteiger partial charge >= 0.3 is 12.1 Å². The molecule has 0 radical (unpaired) electrons. The summed E-state index contributed by atoms with van der Waals surface area (Å²) >= 11 is 0. The van der Waals surface area contributed by atoms with Crippen LogP contribution in [0.4, 0.5) is 10.5 Å². The van der Waals surface area contributed by atoms with Crippen molar-refractivity contribution >= 4 is 17.7 Å². The van der Waals surface area contributed by atoms with Crippen LogP contribution in [0.2, 0.25) is 0 Å². The molecule has 0 heterocycles. The Morgan fingerprint density at radius 2 is 1.77 bits per heavy atom. The molecule has 0 aromatic heterocycles. The number of anilines is 1. The Hall–Kier alpha value is -2.04. The molecule has 1 fully saturated rings. The van der Waals surface area contributed by atoms with E-state index in [2.05, 4.69) is 0 Å². The Bertz CT molecular complexity index is 503. The molecule has 0 N–H and O–H groups in total. The van der Waals surface area contributed by atoms with Gasteiger partial charge in [-0.2, -0.15) is 0 Å². The fraction of sp³-hybridized carbons (Fsp3) is 0.529. The first-order valence-electron chi connectivity index (χ1n) is 7.86. The number of esters is 1. The molecule has 1 aliphatic rings. The number of hydrogen-bond acceptors (Lipinski definition) is 4. The first-order valence-corrected chi connectivity index (χ1v) is 7.86. The van der Waals surface area contributed by atoms with Crippen LogP contribution in [-0.2, 0) is 14.3 Å². The van der Waals surface area contributed by atoms with E-state index in [9.17, 15) is 9.59 Å². The Morgan fingerprint density at radius 3 is 2.41 bits per heavy atom. The van der Waals surface area contributed by atoms with Crippen molar-refractivity contribution < 1.29 is 19.1 Å². The fourth-order valence-corrected chi connectivity index (χ4v) is 2.99. The Balaban J connectivity index is 2.28.